The summed E-state index contributed by atoms with van der Waals surface area (Å²) in [6, 6.07) is 2.16. The molecule has 0 aromatic carbocycles. The summed E-state index contributed by atoms with van der Waals surface area (Å²) >= 11 is 0. The molecule has 4 nitrogen and oxygen atoms in total. The quantitative estimate of drug-likeness (QED) is 0.719. The van der Waals surface area contributed by atoms with Gasteiger partial charge in [-0.1, -0.05) is 6.42 Å². The molecule has 1 N–H and O–H groups in total. The second kappa shape index (κ2) is 6.18. The molecule has 0 unspecified atom stereocenters. The van der Waals surface area contributed by atoms with Gasteiger partial charge < -0.3 is 0 Å². The van der Waals surface area contributed by atoms with Crippen molar-refractivity contribution in [3.63, 3.8) is 0 Å². The lowest BCUT2D eigenvalue weighted by Crippen LogP contribution is -2.24. The van der Waals surface area contributed by atoms with Crippen LogP contribution in [0.2, 0.25) is 0 Å². The first-order valence-electron chi connectivity index (χ1n) is 5.44. The molecular formula is C11H17N3O. The Labute approximate surface area is 90.4 Å². The molecule has 1 rings (SSSR count). The largest absolute Gasteiger partial charge is 0.274 e. The molecule has 15 heavy (non-hydrogen) atoms. The van der Waals surface area contributed by atoms with Crippen LogP contribution >= 0.6 is 0 Å². The van der Waals surface area contributed by atoms with E-state index in [0.717, 1.165) is 31.4 Å². The Morgan fingerprint density at radius 2 is 2.47 bits per heavy atom. The zero-order valence-electron chi connectivity index (χ0n) is 9.12. The molecule has 0 aromatic rings. The van der Waals surface area contributed by atoms with Crippen LogP contribution in [0.25, 0.3) is 0 Å². The van der Waals surface area contributed by atoms with Gasteiger partial charge in [0.25, 0.3) is 0 Å². The molecule has 4 heteroatoms. The molecule has 0 saturated heterocycles. The van der Waals surface area contributed by atoms with E-state index in [2.05, 4.69) is 16.6 Å². The van der Waals surface area contributed by atoms with Gasteiger partial charge in [0, 0.05) is 25.0 Å². The standard InChI is InChI=1S/C11H17N3O/c1-9(15)13-14-11-7-3-2-5-10(11)6-4-8-12/h10H,2-7H2,1H3,(H,13,15)/b14-11-/t10-/m1/s1. The number of hydrogen-bond acceptors (Lipinski definition) is 3. The number of carbonyl (C=O) groups excluding carboxylic acids is 1. The van der Waals surface area contributed by atoms with Gasteiger partial charge in [0.05, 0.1) is 6.07 Å². The fraction of sp³-hybridized carbons (Fsp3) is 0.727. The smallest absolute Gasteiger partial charge is 0.236 e. The van der Waals surface area contributed by atoms with Crippen LogP contribution in [0.5, 0.6) is 0 Å². The number of nitrogens with zero attached hydrogens (tertiary/aromatic N) is 2. The third-order valence-electron chi connectivity index (χ3n) is 2.67. The van der Waals surface area contributed by atoms with E-state index >= 15 is 0 Å². The van der Waals surface area contributed by atoms with E-state index in [1.54, 1.807) is 0 Å². The number of nitriles is 1. The van der Waals surface area contributed by atoms with Crippen molar-refractivity contribution in [1.29, 1.82) is 5.26 Å². The lowest BCUT2D eigenvalue weighted by atomic mass is 9.84. The number of carbonyl (C=O) groups is 1. The second-order valence-corrected chi connectivity index (χ2v) is 3.91. The number of hydrogen-bond donors (Lipinski definition) is 1. The maximum absolute atomic E-state index is 10.7. The predicted molar refractivity (Wildman–Crippen MR) is 58.1 cm³/mol. The van der Waals surface area contributed by atoms with Gasteiger partial charge in [0.2, 0.25) is 5.91 Å². The van der Waals surface area contributed by atoms with Crippen molar-refractivity contribution in [2.24, 2.45) is 11.0 Å². The minimum atomic E-state index is -0.132. The predicted octanol–water partition coefficient (Wildman–Crippen LogP) is 1.97. The molecule has 1 saturated carbocycles. The zero-order valence-corrected chi connectivity index (χ0v) is 9.12. The fourth-order valence-corrected chi connectivity index (χ4v) is 1.92. The van der Waals surface area contributed by atoms with Gasteiger partial charge in [-0.15, -0.1) is 0 Å². The Kier molecular flexibility index (Phi) is 4.82. The number of amides is 1. The molecule has 0 heterocycles. The highest BCUT2D eigenvalue weighted by Gasteiger charge is 2.20. The van der Waals surface area contributed by atoms with Crippen LogP contribution in [0.3, 0.4) is 0 Å². The number of rotatable bonds is 3. The average molecular weight is 207 g/mol. The van der Waals surface area contributed by atoms with E-state index in [1.165, 1.54) is 13.3 Å². The van der Waals surface area contributed by atoms with Crippen molar-refractivity contribution < 1.29 is 4.79 Å². The van der Waals surface area contributed by atoms with E-state index in [9.17, 15) is 4.79 Å². The monoisotopic (exact) mass is 207 g/mol. The third kappa shape index (κ3) is 4.11. The summed E-state index contributed by atoms with van der Waals surface area (Å²) in [6.07, 6.45) is 5.84. The molecule has 1 atom stereocenters. The molecule has 1 fully saturated rings. The van der Waals surface area contributed by atoms with E-state index in [4.69, 9.17) is 5.26 Å². The van der Waals surface area contributed by atoms with Crippen LogP contribution in [0, 0.1) is 17.2 Å². The highest BCUT2D eigenvalue weighted by atomic mass is 16.2. The van der Waals surface area contributed by atoms with Crippen LogP contribution in [-0.2, 0) is 4.79 Å². The highest BCUT2D eigenvalue weighted by Crippen LogP contribution is 2.25. The summed E-state index contributed by atoms with van der Waals surface area (Å²) < 4.78 is 0. The maximum Gasteiger partial charge on any atom is 0.236 e. The average Bonchev–Trinajstić information content (AvgIpc) is 2.24. The molecule has 0 radical (unpaired) electrons. The van der Waals surface area contributed by atoms with E-state index in [-0.39, 0.29) is 5.91 Å². The van der Waals surface area contributed by atoms with Gasteiger partial charge >= 0.3 is 0 Å². The van der Waals surface area contributed by atoms with Crippen LogP contribution in [0.4, 0.5) is 0 Å². The Hall–Kier alpha value is -1.37. The van der Waals surface area contributed by atoms with Gasteiger partial charge in [-0.2, -0.15) is 10.4 Å². The molecule has 82 valence electrons. The van der Waals surface area contributed by atoms with Crippen molar-refractivity contribution in [3.05, 3.63) is 0 Å². The van der Waals surface area contributed by atoms with Crippen LogP contribution in [0.15, 0.2) is 5.10 Å². The minimum Gasteiger partial charge on any atom is -0.274 e. The minimum absolute atomic E-state index is 0.132. The Balaban J connectivity index is 2.53. The van der Waals surface area contributed by atoms with E-state index < -0.39 is 0 Å². The van der Waals surface area contributed by atoms with Crippen molar-refractivity contribution in [1.82, 2.24) is 5.43 Å². The van der Waals surface area contributed by atoms with E-state index in [1.807, 2.05) is 0 Å². The van der Waals surface area contributed by atoms with Gasteiger partial charge in [-0.05, 0) is 25.7 Å². The summed E-state index contributed by atoms with van der Waals surface area (Å²) in [7, 11) is 0. The highest BCUT2D eigenvalue weighted by molar-refractivity contribution is 5.88. The van der Waals surface area contributed by atoms with Crippen molar-refractivity contribution >= 4 is 11.6 Å². The van der Waals surface area contributed by atoms with Gasteiger partial charge in [-0.25, -0.2) is 5.43 Å². The number of hydrazone groups is 1. The lowest BCUT2D eigenvalue weighted by Gasteiger charge is -2.22. The Morgan fingerprint density at radius 3 is 3.13 bits per heavy atom. The molecule has 1 aliphatic rings. The Bertz CT molecular complexity index is 291. The van der Waals surface area contributed by atoms with Crippen molar-refractivity contribution in [3.8, 4) is 6.07 Å². The number of nitrogens with one attached hydrogen (secondary N) is 1. The van der Waals surface area contributed by atoms with Crippen LogP contribution < -0.4 is 5.43 Å². The molecular weight excluding hydrogens is 190 g/mol. The third-order valence-corrected chi connectivity index (χ3v) is 2.67. The molecule has 1 amide bonds. The van der Waals surface area contributed by atoms with Crippen LogP contribution in [0.1, 0.15) is 45.4 Å². The first kappa shape index (κ1) is 11.7. The first-order valence-corrected chi connectivity index (χ1v) is 5.44. The van der Waals surface area contributed by atoms with Gasteiger partial charge in [0.15, 0.2) is 0 Å². The lowest BCUT2D eigenvalue weighted by molar-refractivity contribution is -0.118. The normalized spacial score (nSPS) is 23.5. The van der Waals surface area contributed by atoms with Gasteiger partial charge in [0.1, 0.15) is 0 Å². The zero-order chi connectivity index (χ0) is 11.1. The summed E-state index contributed by atoms with van der Waals surface area (Å²) in [6.45, 7) is 1.46. The topological polar surface area (TPSA) is 65.2 Å². The molecule has 0 spiro atoms. The maximum atomic E-state index is 10.7. The van der Waals surface area contributed by atoms with Crippen molar-refractivity contribution in [2.75, 3.05) is 0 Å². The molecule has 0 aromatic heterocycles. The Morgan fingerprint density at radius 1 is 1.67 bits per heavy atom. The molecule has 0 bridgehead atoms. The van der Waals surface area contributed by atoms with Crippen LogP contribution in [-0.4, -0.2) is 11.6 Å². The summed E-state index contributed by atoms with van der Waals surface area (Å²) in [5.41, 5.74) is 3.55. The second-order valence-electron chi connectivity index (χ2n) is 3.91. The molecule has 0 aliphatic heterocycles. The summed E-state index contributed by atoms with van der Waals surface area (Å²) in [4.78, 5) is 10.7. The first-order chi connectivity index (χ1) is 7.24. The fourth-order valence-electron chi connectivity index (χ4n) is 1.92. The van der Waals surface area contributed by atoms with Gasteiger partial charge in [-0.3, -0.25) is 4.79 Å². The molecule has 1 aliphatic carbocycles. The summed E-state index contributed by atoms with van der Waals surface area (Å²) in [5, 5.41) is 12.7. The SMILES string of the molecule is CC(=O)N/N=C1/CCCC[C@@H]1CCC#N. The van der Waals surface area contributed by atoms with E-state index in [0.29, 0.717) is 12.3 Å². The van der Waals surface area contributed by atoms with Crippen molar-refractivity contribution in [2.45, 2.75) is 45.4 Å². The summed E-state index contributed by atoms with van der Waals surface area (Å²) in [5.74, 6) is 0.261.